The highest BCUT2D eigenvalue weighted by Crippen LogP contribution is 2.25. The first-order valence-electron chi connectivity index (χ1n) is 7.13. The van der Waals surface area contributed by atoms with Crippen molar-refractivity contribution >= 4 is 11.9 Å². The predicted octanol–water partition coefficient (Wildman–Crippen LogP) is 2.57. The number of carboxylic acids is 1. The zero-order valence-corrected chi connectivity index (χ0v) is 12.0. The Labute approximate surface area is 119 Å². The Morgan fingerprint density at radius 2 is 1.95 bits per heavy atom. The Balaban J connectivity index is 2.02. The van der Waals surface area contributed by atoms with E-state index < -0.39 is 5.97 Å². The van der Waals surface area contributed by atoms with Gasteiger partial charge in [0.2, 0.25) is 5.91 Å². The SMILES string of the molecule is CCC1CC(C)CN1C(=O)Cc1ccc(C(=O)O)cc1. The van der Waals surface area contributed by atoms with Gasteiger partial charge in [0.1, 0.15) is 0 Å². The summed E-state index contributed by atoms with van der Waals surface area (Å²) in [4.78, 5) is 25.1. The molecule has 1 N–H and O–H groups in total. The van der Waals surface area contributed by atoms with Crippen LogP contribution in [0, 0.1) is 5.92 Å². The van der Waals surface area contributed by atoms with E-state index in [0.29, 0.717) is 18.4 Å². The molecule has 0 aliphatic carbocycles. The lowest BCUT2D eigenvalue weighted by Crippen LogP contribution is -2.36. The van der Waals surface area contributed by atoms with Crippen LogP contribution in [0.4, 0.5) is 0 Å². The second-order valence-corrected chi connectivity index (χ2v) is 5.63. The number of amides is 1. The summed E-state index contributed by atoms with van der Waals surface area (Å²) in [5, 5.41) is 8.85. The number of rotatable bonds is 4. The molecule has 1 aromatic carbocycles. The van der Waals surface area contributed by atoms with Crippen molar-refractivity contribution in [1.29, 1.82) is 0 Å². The minimum atomic E-state index is -0.942. The number of carbonyl (C=O) groups is 2. The minimum absolute atomic E-state index is 0.143. The molecule has 2 rings (SSSR count). The summed E-state index contributed by atoms with van der Waals surface area (Å²) < 4.78 is 0. The average Bonchev–Trinajstić information content (AvgIpc) is 2.80. The van der Waals surface area contributed by atoms with Crippen LogP contribution in [0.1, 0.15) is 42.6 Å². The molecule has 1 saturated heterocycles. The second kappa shape index (κ2) is 6.07. The van der Waals surface area contributed by atoms with Gasteiger partial charge >= 0.3 is 5.97 Å². The van der Waals surface area contributed by atoms with Gasteiger partial charge in [-0.3, -0.25) is 4.79 Å². The zero-order valence-electron chi connectivity index (χ0n) is 12.0. The first-order chi connectivity index (χ1) is 9.51. The molecule has 20 heavy (non-hydrogen) atoms. The molecule has 1 aromatic rings. The van der Waals surface area contributed by atoms with Crippen LogP contribution in [0.5, 0.6) is 0 Å². The van der Waals surface area contributed by atoms with Crippen molar-refractivity contribution in [2.45, 2.75) is 39.2 Å². The van der Waals surface area contributed by atoms with E-state index in [2.05, 4.69) is 13.8 Å². The van der Waals surface area contributed by atoms with Gasteiger partial charge in [-0.2, -0.15) is 0 Å². The third-order valence-corrected chi connectivity index (χ3v) is 3.97. The number of likely N-dealkylation sites (tertiary alicyclic amines) is 1. The van der Waals surface area contributed by atoms with Crippen LogP contribution in [0.25, 0.3) is 0 Å². The third kappa shape index (κ3) is 3.18. The van der Waals surface area contributed by atoms with E-state index >= 15 is 0 Å². The summed E-state index contributed by atoms with van der Waals surface area (Å²) >= 11 is 0. The molecule has 2 unspecified atom stereocenters. The topological polar surface area (TPSA) is 57.6 Å². The molecule has 1 amide bonds. The normalized spacial score (nSPS) is 22.0. The van der Waals surface area contributed by atoms with E-state index in [1.165, 1.54) is 0 Å². The summed E-state index contributed by atoms with van der Waals surface area (Å²) in [6.45, 7) is 5.13. The van der Waals surface area contributed by atoms with Crippen LogP contribution >= 0.6 is 0 Å². The Bertz CT molecular complexity index is 495. The highest BCUT2D eigenvalue weighted by Gasteiger charge is 2.31. The molecule has 4 heteroatoms. The lowest BCUT2D eigenvalue weighted by atomic mass is 10.1. The molecule has 0 saturated carbocycles. The molecule has 0 radical (unpaired) electrons. The Hall–Kier alpha value is -1.84. The maximum atomic E-state index is 12.4. The third-order valence-electron chi connectivity index (χ3n) is 3.97. The first kappa shape index (κ1) is 14.6. The van der Waals surface area contributed by atoms with Crippen LogP contribution in [0.3, 0.4) is 0 Å². The Morgan fingerprint density at radius 3 is 2.50 bits per heavy atom. The highest BCUT2D eigenvalue weighted by molar-refractivity contribution is 5.87. The summed E-state index contributed by atoms with van der Waals surface area (Å²) in [5.74, 6) is -0.232. The van der Waals surface area contributed by atoms with E-state index in [-0.39, 0.29) is 11.5 Å². The lowest BCUT2D eigenvalue weighted by molar-refractivity contribution is -0.131. The van der Waals surface area contributed by atoms with Crippen molar-refractivity contribution in [2.75, 3.05) is 6.54 Å². The number of carboxylic acid groups (broad SMARTS) is 1. The number of aromatic carboxylic acids is 1. The fourth-order valence-electron chi connectivity index (χ4n) is 2.88. The Morgan fingerprint density at radius 1 is 1.30 bits per heavy atom. The predicted molar refractivity (Wildman–Crippen MR) is 76.7 cm³/mol. The molecule has 0 bridgehead atoms. The molecule has 1 aliphatic heterocycles. The van der Waals surface area contributed by atoms with Crippen molar-refractivity contribution in [2.24, 2.45) is 5.92 Å². The maximum Gasteiger partial charge on any atom is 0.335 e. The summed E-state index contributed by atoms with van der Waals surface area (Å²) in [6, 6.07) is 6.91. The van der Waals surface area contributed by atoms with Gasteiger partial charge in [-0.1, -0.05) is 26.0 Å². The van der Waals surface area contributed by atoms with Gasteiger partial charge in [0.05, 0.1) is 12.0 Å². The highest BCUT2D eigenvalue weighted by atomic mass is 16.4. The molecule has 4 nitrogen and oxygen atoms in total. The second-order valence-electron chi connectivity index (χ2n) is 5.63. The van der Waals surface area contributed by atoms with Crippen LogP contribution in [0.2, 0.25) is 0 Å². The number of benzene rings is 1. The maximum absolute atomic E-state index is 12.4. The quantitative estimate of drug-likeness (QED) is 0.918. The van der Waals surface area contributed by atoms with E-state index in [9.17, 15) is 9.59 Å². The molecule has 0 aromatic heterocycles. The van der Waals surface area contributed by atoms with Crippen LogP contribution < -0.4 is 0 Å². The average molecular weight is 275 g/mol. The van der Waals surface area contributed by atoms with Gasteiger partial charge in [-0.25, -0.2) is 4.79 Å². The van der Waals surface area contributed by atoms with Crippen LogP contribution in [-0.2, 0) is 11.2 Å². The molecule has 108 valence electrons. The van der Waals surface area contributed by atoms with Gasteiger partial charge in [-0.15, -0.1) is 0 Å². The number of nitrogens with zero attached hydrogens (tertiary/aromatic N) is 1. The standard InChI is InChI=1S/C16H21NO3/c1-3-14-8-11(2)10-17(14)15(18)9-12-4-6-13(7-5-12)16(19)20/h4-7,11,14H,3,8-10H2,1-2H3,(H,19,20). The minimum Gasteiger partial charge on any atom is -0.478 e. The van der Waals surface area contributed by atoms with Gasteiger partial charge in [-0.05, 0) is 36.5 Å². The van der Waals surface area contributed by atoms with E-state index in [1.807, 2.05) is 4.90 Å². The summed E-state index contributed by atoms with van der Waals surface area (Å²) in [6.07, 6.45) is 2.43. The largest absolute Gasteiger partial charge is 0.478 e. The fraction of sp³-hybridized carbons (Fsp3) is 0.500. The molecular weight excluding hydrogens is 254 g/mol. The summed E-state index contributed by atoms with van der Waals surface area (Å²) in [5.41, 5.74) is 1.12. The Kier molecular flexibility index (Phi) is 4.42. The van der Waals surface area contributed by atoms with Crippen LogP contribution in [-0.4, -0.2) is 34.5 Å². The number of hydrogen-bond donors (Lipinski definition) is 1. The lowest BCUT2D eigenvalue weighted by Gasteiger charge is -2.23. The van der Waals surface area contributed by atoms with Crippen molar-refractivity contribution in [3.8, 4) is 0 Å². The molecule has 1 aliphatic rings. The first-order valence-corrected chi connectivity index (χ1v) is 7.13. The van der Waals surface area contributed by atoms with E-state index in [0.717, 1.165) is 24.9 Å². The molecule has 1 fully saturated rings. The monoisotopic (exact) mass is 275 g/mol. The van der Waals surface area contributed by atoms with Gasteiger partial charge in [0.25, 0.3) is 0 Å². The number of hydrogen-bond acceptors (Lipinski definition) is 2. The smallest absolute Gasteiger partial charge is 0.335 e. The fourth-order valence-corrected chi connectivity index (χ4v) is 2.88. The van der Waals surface area contributed by atoms with E-state index in [4.69, 9.17) is 5.11 Å². The van der Waals surface area contributed by atoms with Crippen molar-refractivity contribution < 1.29 is 14.7 Å². The van der Waals surface area contributed by atoms with E-state index in [1.54, 1.807) is 24.3 Å². The zero-order chi connectivity index (χ0) is 14.7. The van der Waals surface area contributed by atoms with Gasteiger partial charge in [0, 0.05) is 12.6 Å². The van der Waals surface area contributed by atoms with Crippen LogP contribution in [0.15, 0.2) is 24.3 Å². The van der Waals surface area contributed by atoms with Gasteiger partial charge in [0.15, 0.2) is 0 Å². The molecule has 2 atom stereocenters. The number of carbonyl (C=O) groups excluding carboxylic acids is 1. The van der Waals surface area contributed by atoms with Crippen molar-refractivity contribution in [1.82, 2.24) is 4.90 Å². The van der Waals surface area contributed by atoms with Crippen molar-refractivity contribution in [3.63, 3.8) is 0 Å². The van der Waals surface area contributed by atoms with Crippen molar-refractivity contribution in [3.05, 3.63) is 35.4 Å². The molecule has 0 spiro atoms. The summed E-state index contributed by atoms with van der Waals surface area (Å²) in [7, 11) is 0. The van der Waals surface area contributed by atoms with Gasteiger partial charge < -0.3 is 10.0 Å². The molecule has 1 heterocycles. The molecular formula is C16H21NO3.